The van der Waals surface area contributed by atoms with Gasteiger partial charge in [-0.25, -0.2) is 4.79 Å². The molecule has 0 aliphatic carbocycles. The first kappa shape index (κ1) is 21.6. The molecule has 6 nitrogen and oxygen atoms in total. The molecule has 0 radical (unpaired) electrons. The van der Waals surface area contributed by atoms with Crippen molar-refractivity contribution in [3.63, 3.8) is 0 Å². The first-order chi connectivity index (χ1) is 15.2. The third-order valence-corrected chi connectivity index (χ3v) is 5.70. The molecule has 31 heavy (non-hydrogen) atoms. The van der Waals surface area contributed by atoms with E-state index < -0.39 is 0 Å². The van der Waals surface area contributed by atoms with Crippen LogP contribution in [0, 0.1) is 0 Å². The molecule has 6 heteroatoms. The molecule has 0 bridgehead atoms. The van der Waals surface area contributed by atoms with Crippen LogP contribution in [0.25, 0.3) is 0 Å². The molecule has 2 saturated heterocycles. The van der Waals surface area contributed by atoms with Crippen LogP contribution in [0.2, 0.25) is 0 Å². The maximum Gasteiger partial charge on any atom is 0.330 e. The van der Waals surface area contributed by atoms with Crippen molar-refractivity contribution in [1.82, 2.24) is 5.06 Å². The number of fused-ring (bicyclic) bond motifs is 1. The summed E-state index contributed by atoms with van der Waals surface area (Å²) in [6, 6.07) is 18.1. The molecule has 2 aromatic carbocycles. The van der Waals surface area contributed by atoms with E-state index in [2.05, 4.69) is 12.1 Å². The van der Waals surface area contributed by atoms with Gasteiger partial charge in [0, 0.05) is 25.5 Å². The molecule has 0 amide bonds. The second-order valence-corrected chi connectivity index (χ2v) is 7.80. The van der Waals surface area contributed by atoms with Crippen molar-refractivity contribution < 1.29 is 23.8 Å². The zero-order valence-corrected chi connectivity index (χ0v) is 17.8. The minimum Gasteiger partial charge on any atom is -0.497 e. The number of benzene rings is 2. The minimum absolute atomic E-state index is 0.0334. The molecule has 4 rings (SSSR count). The van der Waals surface area contributed by atoms with Gasteiger partial charge in [0.15, 0.2) is 0 Å². The van der Waals surface area contributed by atoms with Crippen LogP contribution in [-0.4, -0.2) is 43.4 Å². The third-order valence-electron chi connectivity index (χ3n) is 5.70. The molecule has 164 valence electrons. The molecule has 0 aromatic heterocycles. The van der Waals surface area contributed by atoms with Gasteiger partial charge in [-0.05, 0) is 29.7 Å². The van der Waals surface area contributed by atoms with Crippen molar-refractivity contribution in [2.45, 2.75) is 44.1 Å². The van der Waals surface area contributed by atoms with Crippen LogP contribution < -0.4 is 4.74 Å². The number of hydrogen-bond donors (Lipinski definition) is 0. The predicted molar refractivity (Wildman–Crippen MR) is 116 cm³/mol. The van der Waals surface area contributed by atoms with Gasteiger partial charge in [0.2, 0.25) is 0 Å². The number of nitrogens with zero attached hydrogens (tertiary/aromatic N) is 1. The Morgan fingerprint density at radius 3 is 2.74 bits per heavy atom. The monoisotopic (exact) mass is 423 g/mol. The lowest BCUT2D eigenvalue weighted by atomic mass is 10.0. The lowest BCUT2D eigenvalue weighted by molar-refractivity contribution is -0.159. The quantitative estimate of drug-likeness (QED) is 0.342. The normalized spacial score (nSPS) is 23.2. The van der Waals surface area contributed by atoms with Gasteiger partial charge in [-0.15, -0.1) is 0 Å². The van der Waals surface area contributed by atoms with Gasteiger partial charge in [-0.1, -0.05) is 48.5 Å². The van der Waals surface area contributed by atoms with E-state index in [9.17, 15) is 4.79 Å². The van der Waals surface area contributed by atoms with E-state index in [1.807, 2.05) is 47.5 Å². The molecular formula is C25H29NO5. The number of carbonyl (C=O) groups is 1. The summed E-state index contributed by atoms with van der Waals surface area (Å²) in [7, 11) is 1.65. The summed E-state index contributed by atoms with van der Waals surface area (Å²) in [5.41, 5.74) is 2.25. The predicted octanol–water partition coefficient (Wildman–Crippen LogP) is 4.22. The molecule has 2 aliphatic heterocycles. The second kappa shape index (κ2) is 10.6. The molecule has 2 heterocycles. The Bertz CT molecular complexity index is 867. The Labute approximate surface area is 183 Å². The Kier molecular flexibility index (Phi) is 7.35. The van der Waals surface area contributed by atoms with E-state index >= 15 is 0 Å². The number of hydroxylamine groups is 2. The van der Waals surface area contributed by atoms with E-state index in [-0.39, 0.29) is 24.2 Å². The molecule has 0 N–H and O–H groups in total. The number of rotatable bonds is 9. The van der Waals surface area contributed by atoms with Crippen LogP contribution in [0.1, 0.15) is 36.5 Å². The Morgan fingerprint density at radius 1 is 1.16 bits per heavy atom. The maximum absolute atomic E-state index is 12.2. The highest BCUT2D eigenvalue weighted by Crippen LogP contribution is 2.39. The minimum atomic E-state index is -0.301. The Morgan fingerprint density at radius 2 is 1.97 bits per heavy atom. The van der Waals surface area contributed by atoms with Crippen LogP contribution in [0.3, 0.4) is 0 Å². The van der Waals surface area contributed by atoms with Gasteiger partial charge in [-0.2, -0.15) is 5.06 Å². The largest absolute Gasteiger partial charge is 0.497 e. The first-order valence-corrected chi connectivity index (χ1v) is 10.8. The summed E-state index contributed by atoms with van der Waals surface area (Å²) in [6.07, 6.45) is 5.51. The standard InChI is InChI=1S/C25H29NO5/c1-28-21-12-10-19(11-13-21)18-29-16-6-5-9-25(27)30-23-14-15-26-22(23)17-24(31-26)20-7-3-2-4-8-20/h2-5,7-13,22-24H,6,14-18H2,1H3/b9-5+/t22-,23-,24?/m1/s1. The third kappa shape index (κ3) is 5.73. The van der Waals surface area contributed by atoms with Crippen molar-refractivity contribution >= 4 is 5.97 Å². The van der Waals surface area contributed by atoms with Crippen molar-refractivity contribution in [3.05, 3.63) is 77.9 Å². The number of carbonyl (C=O) groups excluding carboxylic acids is 1. The molecule has 2 fully saturated rings. The van der Waals surface area contributed by atoms with Crippen LogP contribution in [0.15, 0.2) is 66.7 Å². The fourth-order valence-corrected chi connectivity index (χ4v) is 4.06. The van der Waals surface area contributed by atoms with Crippen LogP contribution in [0.4, 0.5) is 0 Å². The van der Waals surface area contributed by atoms with Crippen LogP contribution in [0.5, 0.6) is 5.75 Å². The molecule has 0 saturated carbocycles. The Hall–Kier alpha value is -2.67. The molecular weight excluding hydrogens is 394 g/mol. The van der Waals surface area contributed by atoms with Gasteiger partial charge in [0.25, 0.3) is 0 Å². The average molecular weight is 424 g/mol. The van der Waals surface area contributed by atoms with Gasteiger partial charge >= 0.3 is 5.97 Å². The Balaban J connectivity index is 1.15. The van der Waals surface area contributed by atoms with Gasteiger partial charge in [-0.3, -0.25) is 4.84 Å². The van der Waals surface area contributed by atoms with Gasteiger partial charge in [0.05, 0.1) is 26.4 Å². The molecule has 3 atom stereocenters. The molecule has 0 spiro atoms. The van der Waals surface area contributed by atoms with Crippen molar-refractivity contribution in [3.8, 4) is 5.75 Å². The van der Waals surface area contributed by atoms with E-state index in [1.165, 1.54) is 6.08 Å². The highest BCUT2D eigenvalue weighted by Gasteiger charge is 2.45. The second-order valence-electron chi connectivity index (χ2n) is 7.80. The van der Waals surface area contributed by atoms with E-state index in [1.54, 1.807) is 13.2 Å². The lowest BCUT2D eigenvalue weighted by Gasteiger charge is -2.17. The van der Waals surface area contributed by atoms with Gasteiger partial charge in [0.1, 0.15) is 18.0 Å². The fraction of sp³-hybridized carbons (Fsp3) is 0.400. The van der Waals surface area contributed by atoms with Crippen molar-refractivity contribution in [1.29, 1.82) is 0 Å². The van der Waals surface area contributed by atoms with Gasteiger partial charge < -0.3 is 14.2 Å². The summed E-state index contributed by atoms with van der Waals surface area (Å²) in [6.45, 7) is 1.86. The number of hydrogen-bond acceptors (Lipinski definition) is 6. The maximum atomic E-state index is 12.2. The number of ether oxygens (including phenoxy) is 3. The summed E-state index contributed by atoms with van der Waals surface area (Å²) in [4.78, 5) is 18.3. The number of methoxy groups -OCH3 is 1. The number of esters is 1. The SMILES string of the molecule is COc1ccc(COCC/C=C/C(=O)O[C@@H]2CCN3OC(c4ccccc4)C[C@H]23)cc1. The average Bonchev–Trinajstić information content (AvgIpc) is 3.39. The zero-order chi connectivity index (χ0) is 21.5. The highest BCUT2D eigenvalue weighted by atomic mass is 16.7. The van der Waals surface area contributed by atoms with Crippen LogP contribution in [-0.2, 0) is 25.7 Å². The summed E-state index contributed by atoms with van der Waals surface area (Å²) in [5, 5.41) is 1.98. The van der Waals surface area contributed by atoms with Crippen molar-refractivity contribution in [2.24, 2.45) is 0 Å². The molecule has 2 aliphatic rings. The van der Waals surface area contributed by atoms with E-state index in [0.29, 0.717) is 19.6 Å². The fourth-order valence-electron chi connectivity index (χ4n) is 4.06. The summed E-state index contributed by atoms with van der Waals surface area (Å²) >= 11 is 0. The first-order valence-electron chi connectivity index (χ1n) is 10.8. The van der Waals surface area contributed by atoms with E-state index in [0.717, 1.165) is 36.3 Å². The smallest absolute Gasteiger partial charge is 0.330 e. The highest BCUT2D eigenvalue weighted by molar-refractivity contribution is 5.82. The summed E-state index contributed by atoms with van der Waals surface area (Å²) < 4.78 is 16.5. The van der Waals surface area contributed by atoms with Crippen LogP contribution >= 0.6 is 0 Å². The lowest BCUT2D eigenvalue weighted by Crippen LogP contribution is -2.31. The molecule has 2 aromatic rings. The van der Waals surface area contributed by atoms with E-state index in [4.69, 9.17) is 19.0 Å². The summed E-state index contributed by atoms with van der Waals surface area (Å²) in [5.74, 6) is 0.528. The van der Waals surface area contributed by atoms with Crippen molar-refractivity contribution in [2.75, 3.05) is 20.3 Å². The molecule has 1 unspecified atom stereocenters. The zero-order valence-electron chi connectivity index (χ0n) is 17.8. The topological polar surface area (TPSA) is 57.2 Å².